The second-order valence-electron chi connectivity index (χ2n) is 4.97. The van der Waals surface area contributed by atoms with Crippen LogP contribution in [0.25, 0.3) is 0 Å². The molecule has 0 N–H and O–H groups in total. The molecule has 2 aliphatic heterocycles. The molecule has 1 fully saturated rings. The maximum atomic E-state index is 5.42. The number of hydrogen-bond acceptors (Lipinski definition) is 6. The Balaban J connectivity index is 2.34. The van der Waals surface area contributed by atoms with E-state index in [1.54, 1.807) is 11.1 Å². The SMILES string of the molecule is C=CC1=NC(=C)C(N2CCOCC2)N(C)/C(C)=N\N1C. The molecule has 110 valence electrons. The maximum absolute atomic E-state index is 5.42. The fraction of sp³-hybridized carbons (Fsp3) is 0.571. The molecule has 2 aliphatic rings. The fourth-order valence-electron chi connectivity index (χ4n) is 2.47. The molecule has 6 nitrogen and oxygen atoms in total. The van der Waals surface area contributed by atoms with Crippen molar-refractivity contribution in [3.63, 3.8) is 0 Å². The number of morpholine rings is 1. The summed E-state index contributed by atoms with van der Waals surface area (Å²) in [7, 11) is 3.88. The number of amidine groups is 2. The molecule has 20 heavy (non-hydrogen) atoms. The zero-order valence-electron chi connectivity index (χ0n) is 12.5. The van der Waals surface area contributed by atoms with Gasteiger partial charge in [-0.2, -0.15) is 5.10 Å². The molecule has 2 heterocycles. The van der Waals surface area contributed by atoms with Crippen molar-refractivity contribution < 1.29 is 4.74 Å². The van der Waals surface area contributed by atoms with Gasteiger partial charge in [0.25, 0.3) is 0 Å². The van der Waals surface area contributed by atoms with Gasteiger partial charge in [0.15, 0.2) is 0 Å². The van der Waals surface area contributed by atoms with Gasteiger partial charge in [0.2, 0.25) is 0 Å². The number of hydrazone groups is 1. The second kappa shape index (κ2) is 6.19. The van der Waals surface area contributed by atoms with Crippen molar-refractivity contribution in [3.05, 3.63) is 24.9 Å². The van der Waals surface area contributed by atoms with E-state index in [0.717, 1.165) is 37.8 Å². The van der Waals surface area contributed by atoms with Crippen LogP contribution in [0.15, 0.2) is 35.0 Å². The zero-order valence-corrected chi connectivity index (χ0v) is 12.5. The van der Waals surface area contributed by atoms with Gasteiger partial charge in [-0.25, -0.2) is 10.0 Å². The van der Waals surface area contributed by atoms with E-state index in [0.29, 0.717) is 5.84 Å². The molecule has 0 amide bonds. The summed E-state index contributed by atoms with van der Waals surface area (Å²) in [6.45, 7) is 13.2. The Bertz CT molecular complexity index is 450. The van der Waals surface area contributed by atoms with Gasteiger partial charge < -0.3 is 9.64 Å². The van der Waals surface area contributed by atoms with Crippen molar-refractivity contribution in [1.29, 1.82) is 0 Å². The predicted octanol–water partition coefficient (Wildman–Crippen LogP) is 0.953. The largest absolute Gasteiger partial charge is 0.379 e. The minimum absolute atomic E-state index is 0.00583. The summed E-state index contributed by atoms with van der Waals surface area (Å²) in [5.41, 5.74) is 0.797. The van der Waals surface area contributed by atoms with E-state index in [2.05, 4.69) is 33.1 Å². The van der Waals surface area contributed by atoms with E-state index in [9.17, 15) is 0 Å². The molecule has 0 aromatic carbocycles. The number of likely N-dealkylation sites (N-methyl/N-ethyl adjacent to an activating group) is 2. The van der Waals surface area contributed by atoms with E-state index in [-0.39, 0.29) is 6.17 Å². The van der Waals surface area contributed by atoms with Gasteiger partial charge in [-0.15, -0.1) is 0 Å². The second-order valence-corrected chi connectivity index (χ2v) is 4.97. The molecule has 1 unspecified atom stereocenters. The van der Waals surface area contributed by atoms with Crippen molar-refractivity contribution in [1.82, 2.24) is 14.8 Å². The molecule has 0 aliphatic carbocycles. The van der Waals surface area contributed by atoms with E-state index in [4.69, 9.17) is 4.74 Å². The third-order valence-electron chi connectivity index (χ3n) is 3.63. The maximum Gasteiger partial charge on any atom is 0.148 e. The monoisotopic (exact) mass is 277 g/mol. The zero-order chi connectivity index (χ0) is 14.7. The number of hydrogen-bond donors (Lipinski definition) is 0. The highest BCUT2D eigenvalue weighted by Gasteiger charge is 2.29. The summed E-state index contributed by atoms with van der Waals surface area (Å²) in [6, 6.07) is 0. The van der Waals surface area contributed by atoms with E-state index in [1.807, 2.05) is 21.0 Å². The van der Waals surface area contributed by atoms with Crippen molar-refractivity contribution >= 4 is 11.7 Å². The fourth-order valence-corrected chi connectivity index (χ4v) is 2.47. The van der Waals surface area contributed by atoms with Crippen LogP contribution in [0, 0.1) is 0 Å². The smallest absolute Gasteiger partial charge is 0.148 e. The molecular formula is C14H23N5O. The van der Waals surface area contributed by atoms with Crippen LogP contribution in [0.3, 0.4) is 0 Å². The van der Waals surface area contributed by atoms with Crippen LogP contribution < -0.4 is 0 Å². The van der Waals surface area contributed by atoms with Gasteiger partial charge in [-0.05, 0) is 13.0 Å². The van der Waals surface area contributed by atoms with E-state index >= 15 is 0 Å². The molecule has 1 atom stereocenters. The summed E-state index contributed by atoms with van der Waals surface area (Å²) in [6.07, 6.45) is 1.70. The lowest BCUT2D eigenvalue weighted by Gasteiger charge is -2.41. The third-order valence-corrected chi connectivity index (χ3v) is 3.63. The van der Waals surface area contributed by atoms with Crippen LogP contribution >= 0.6 is 0 Å². The Morgan fingerprint density at radius 3 is 2.55 bits per heavy atom. The van der Waals surface area contributed by atoms with E-state index < -0.39 is 0 Å². The summed E-state index contributed by atoms with van der Waals surface area (Å²) in [4.78, 5) is 9.00. The minimum atomic E-state index is 0.00583. The highest BCUT2D eigenvalue weighted by atomic mass is 16.5. The number of aliphatic imine (C=N–C) groups is 1. The summed E-state index contributed by atoms with van der Waals surface area (Å²) in [5.74, 6) is 1.63. The van der Waals surface area contributed by atoms with Gasteiger partial charge in [0.05, 0.1) is 18.9 Å². The molecule has 6 heteroatoms. The van der Waals surface area contributed by atoms with Gasteiger partial charge in [0.1, 0.15) is 17.8 Å². The lowest BCUT2D eigenvalue weighted by Crippen LogP contribution is -2.54. The lowest BCUT2D eigenvalue weighted by atomic mass is 10.2. The van der Waals surface area contributed by atoms with Crippen LogP contribution in [0.5, 0.6) is 0 Å². The van der Waals surface area contributed by atoms with Crippen molar-refractivity contribution in [2.75, 3.05) is 40.4 Å². The number of nitrogens with zero attached hydrogens (tertiary/aromatic N) is 5. The molecule has 2 rings (SSSR count). The average molecular weight is 277 g/mol. The van der Waals surface area contributed by atoms with Gasteiger partial charge >= 0.3 is 0 Å². The number of ether oxygens (including phenoxy) is 1. The topological polar surface area (TPSA) is 43.7 Å². The minimum Gasteiger partial charge on any atom is -0.379 e. The Morgan fingerprint density at radius 2 is 1.95 bits per heavy atom. The third kappa shape index (κ3) is 2.91. The van der Waals surface area contributed by atoms with Crippen molar-refractivity contribution in [2.24, 2.45) is 10.1 Å². The van der Waals surface area contributed by atoms with Crippen LogP contribution in [0.1, 0.15) is 6.92 Å². The van der Waals surface area contributed by atoms with Crippen LogP contribution in [0.4, 0.5) is 0 Å². The van der Waals surface area contributed by atoms with Gasteiger partial charge in [-0.1, -0.05) is 13.2 Å². The summed E-state index contributed by atoms with van der Waals surface area (Å²) < 4.78 is 5.42. The van der Waals surface area contributed by atoms with Gasteiger partial charge in [0, 0.05) is 27.2 Å². The molecule has 0 saturated carbocycles. The highest BCUT2D eigenvalue weighted by Crippen LogP contribution is 2.19. The van der Waals surface area contributed by atoms with Crippen molar-refractivity contribution in [3.8, 4) is 0 Å². The Labute approximate surface area is 120 Å². The van der Waals surface area contributed by atoms with Crippen molar-refractivity contribution in [2.45, 2.75) is 13.1 Å². The molecule has 0 radical (unpaired) electrons. The molecule has 0 aromatic rings. The first-order chi connectivity index (χ1) is 9.54. The van der Waals surface area contributed by atoms with Crippen LogP contribution in [0.2, 0.25) is 0 Å². The quantitative estimate of drug-likeness (QED) is 0.754. The first kappa shape index (κ1) is 14.7. The first-order valence-electron chi connectivity index (χ1n) is 6.78. The Hall–Kier alpha value is -1.66. The van der Waals surface area contributed by atoms with Crippen LogP contribution in [-0.2, 0) is 4.74 Å². The first-order valence-corrected chi connectivity index (χ1v) is 6.78. The van der Waals surface area contributed by atoms with Crippen LogP contribution in [-0.4, -0.2) is 73.0 Å². The molecule has 1 saturated heterocycles. The average Bonchev–Trinajstić information content (AvgIpc) is 2.44. The number of rotatable bonds is 2. The molecule has 0 spiro atoms. The summed E-state index contributed by atoms with van der Waals surface area (Å²) >= 11 is 0. The molecule has 0 bridgehead atoms. The molecular weight excluding hydrogens is 254 g/mol. The summed E-state index contributed by atoms with van der Waals surface area (Å²) in [5, 5.41) is 6.25. The normalized spacial score (nSPS) is 28.4. The Morgan fingerprint density at radius 1 is 1.30 bits per heavy atom. The Kier molecular flexibility index (Phi) is 4.57. The van der Waals surface area contributed by atoms with Gasteiger partial charge in [-0.3, -0.25) is 4.90 Å². The van der Waals surface area contributed by atoms with E-state index in [1.165, 1.54) is 0 Å². The lowest BCUT2D eigenvalue weighted by molar-refractivity contribution is 0.000620. The molecule has 0 aromatic heterocycles. The standard InChI is InChI=1S/C14H23N5O/c1-6-13-15-11(2)14(19-7-9-20-10-8-19)17(4)12(3)16-18(13)5/h6,14H,1-2,7-10H2,3-5H3/b15-13?,16-12-. The predicted molar refractivity (Wildman–Crippen MR) is 81.6 cm³/mol. The highest BCUT2D eigenvalue weighted by molar-refractivity contribution is 5.94.